The Morgan fingerprint density at radius 1 is 0.800 bits per heavy atom. The van der Waals surface area contributed by atoms with Gasteiger partial charge in [0, 0.05) is 5.56 Å². The summed E-state index contributed by atoms with van der Waals surface area (Å²) >= 11 is 0. The molecule has 0 amide bonds. The van der Waals surface area contributed by atoms with Crippen LogP contribution in [0.2, 0.25) is 19.6 Å². The van der Waals surface area contributed by atoms with E-state index in [2.05, 4.69) is 75.0 Å². The van der Waals surface area contributed by atoms with Crippen LogP contribution in [0.3, 0.4) is 0 Å². The van der Waals surface area contributed by atoms with Crippen LogP contribution >= 0.6 is 0 Å². The van der Waals surface area contributed by atoms with Crippen LogP contribution in [0.25, 0.3) is 0 Å². The third kappa shape index (κ3) is 9.45. The maximum Gasteiger partial charge on any atom is 0.242 e. The molecule has 0 aliphatic carbocycles. The summed E-state index contributed by atoms with van der Waals surface area (Å²) in [5.41, 5.74) is 5.19. The zero-order valence-electron chi connectivity index (χ0n) is 25.3. The van der Waals surface area contributed by atoms with Gasteiger partial charge in [0.2, 0.25) is 8.32 Å². The predicted octanol–water partition coefficient (Wildman–Crippen LogP) is 10.3. The maximum absolute atomic E-state index is 6.80. The van der Waals surface area contributed by atoms with Gasteiger partial charge in [0.1, 0.15) is 17.1 Å². The molecule has 2 rings (SSSR count). The number of fused-ring (bicyclic) bond motifs is 1. The fourth-order valence-electron chi connectivity index (χ4n) is 5.72. The van der Waals surface area contributed by atoms with Crippen molar-refractivity contribution in [3.05, 3.63) is 22.3 Å². The molecule has 0 N–H and O–H groups in total. The fraction of sp³-hybridized carbons (Fsp3) is 0.812. The Morgan fingerprint density at radius 3 is 1.89 bits per heavy atom. The van der Waals surface area contributed by atoms with Crippen LogP contribution < -0.4 is 9.16 Å². The Hall–Kier alpha value is -0.963. The summed E-state index contributed by atoms with van der Waals surface area (Å²) in [6.45, 7) is 25.4. The molecule has 0 spiro atoms. The van der Waals surface area contributed by atoms with Gasteiger partial charge in [-0.05, 0) is 107 Å². The quantitative estimate of drug-likeness (QED) is 0.235. The average molecular weight is 503 g/mol. The maximum atomic E-state index is 6.80. The normalized spacial score (nSPS) is 19.9. The lowest BCUT2D eigenvalue weighted by atomic mass is 9.84. The largest absolute Gasteiger partial charge is 0.544 e. The van der Waals surface area contributed by atoms with Gasteiger partial charge >= 0.3 is 0 Å². The molecule has 3 atom stereocenters. The molecule has 0 bridgehead atoms. The monoisotopic (exact) mass is 502 g/mol. The van der Waals surface area contributed by atoms with Crippen molar-refractivity contribution in [3.63, 3.8) is 0 Å². The molecule has 0 aromatic heterocycles. The number of hydrogen-bond acceptors (Lipinski definition) is 2. The van der Waals surface area contributed by atoms with E-state index in [1.165, 1.54) is 73.6 Å². The molecule has 3 heteroatoms. The van der Waals surface area contributed by atoms with Crippen LogP contribution in [0.5, 0.6) is 11.5 Å². The summed E-state index contributed by atoms with van der Waals surface area (Å²) in [4.78, 5) is 0. The third-order valence-corrected chi connectivity index (χ3v) is 9.06. The van der Waals surface area contributed by atoms with Crippen molar-refractivity contribution >= 4 is 8.32 Å². The first-order chi connectivity index (χ1) is 16.2. The fourth-order valence-corrected chi connectivity index (χ4v) is 6.64. The van der Waals surface area contributed by atoms with Gasteiger partial charge in [0.15, 0.2) is 0 Å². The Morgan fingerprint density at radius 2 is 1.34 bits per heavy atom. The van der Waals surface area contributed by atoms with Crippen molar-refractivity contribution in [2.24, 2.45) is 17.8 Å². The van der Waals surface area contributed by atoms with E-state index in [1.54, 1.807) is 0 Å². The highest BCUT2D eigenvalue weighted by molar-refractivity contribution is 6.70. The first kappa shape index (κ1) is 30.3. The lowest BCUT2D eigenvalue weighted by molar-refractivity contribution is 0.0512. The van der Waals surface area contributed by atoms with E-state index in [0.717, 1.165) is 48.5 Å². The van der Waals surface area contributed by atoms with Gasteiger partial charge in [-0.1, -0.05) is 72.6 Å². The Balaban J connectivity index is 1.85. The molecule has 2 nitrogen and oxygen atoms in total. The summed E-state index contributed by atoms with van der Waals surface area (Å²) in [7, 11) is -1.65. The van der Waals surface area contributed by atoms with Crippen LogP contribution in [-0.2, 0) is 6.42 Å². The predicted molar refractivity (Wildman–Crippen MR) is 157 cm³/mol. The zero-order valence-corrected chi connectivity index (χ0v) is 26.3. The Bertz CT molecular complexity index is 807. The van der Waals surface area contributed by atoms with Crippen molar-refractivity contribution in [2.45, 2.75) is 151 Å². The highest BCUT2D eigenvalue weighted by Gasteiger charge is 2.35. The molecule has 1 aromatic rings. The van der Waals surface area contributed by atoms with E-state index in [0.29, 0.717) is 0 Å². The zero-order chi connectivity index (χ0) is 26.4. The van der Waals surface area contributed by atoms with Gasteiger partial charge < -0.3 is 9.16 Å². The van der Waals surface area contributed by atoms with Crippen molar-refractivity contribution in [3.8, 4) is 11.5 Å². The van der Waals surface area contributed by atoms with E-state index in [4.69, 9.17) is 9.16 Å². The molecule has 0 saturated carbocycles. The molecule has 0 fully saturated rings. The minimum Gasteiger partial charge on any atom is -0.544 e. The molecular weight excluding hydrogens is 444 g/mol. The summed E-state index contributed by atoms with van der Waals surface area (Å²) in [6, 6.07) is 0. The average Bonchev–Trinajstić information content (AvgIpc) is 2.74. The van der Waals surface area contributed by atoms with Crippen molar-refractivity contribution in [1.82, 2.24) is 0 Å². The van der Waals surface area contributed by atoms with Crippen LogP contribution in [0.15, 0.2) is 0 Å². The van der Waals surface area contributed by atoms with E-state index in [1.807, 2.05) is 0 Å². The van der Waals surface area contributed by atoms with E-state index in [9.17, 15) is 0 Å². The number of ether oxygens (including phenoxy) is 1. The van der Waals surface area contributed by atoms with Gasteiger partial charge in [-0.25, -0.2) is 0 Å². The van der Waals surface area contributed by atoms with Crippen LogP contribution in [0.4, 0.5) is 0 Å². The van der Waals surface area contributed by atoms with Gasteiger partial charge in [-0.3, -0.25) is 0 Å². The van der Waals surface area contributed by atoms with Crippen LogP contribution in [0, 0.1) is 38.5 Å². The molecule has 1 aromatic carbocycles. The number of rotatable bonds is 14. The molecule has 0 unspecified atom stereocenters. The third-order valence-electron chi connectivity index (χ3n) is 8.25. The van der Waals surface area contributed by atoms with Gasteiger partial charge in [-0.2, -0.15) is 0 Å². The highest BCUT2D eigenvalue weighted by atomic mass is 28.4. The highest BCUT2D eigenvalue weighted by Crippen LogP contribution is 2.45. The lowest BCUT2D eigenvalue weighted by Crippen LogP contribution is -2.37. The Kier molecular flexibility index (Phi) is 11.3. The minimum absolute atomic E-state index is 0.0392. The van der Waals surface area contributed by atoms with Gasteiger partial charge in [0.25, 0.3) is 0 Å². The number of hydrogen-bond donors (Lipinski definition) is 0. The topological polar surface area (TPSA) is 18.5 Å². The smallest absolute Gasteiger partial charge is 0.242 e. The molecule has 1 aliphatic heterocycles. The summed E-state index contributed by atoms with van der Waals surface area (Å²) < 4.78 is 13.3. The van der Waals surface area contributed by atoms with E-state index < -0.39 is 8.32 Å². The van der Waals surface area contributed by atoms with Gasteiger partial charge in [-0.15, -0.1) is 0 Å². The molecule has 0 radical (unpaired) electrons. The van der Waals surface area contributed by atoms with Crippen molar-refractivity contribution in [1.29, 1.82) is 0 Å². The minimum atomic E-state index is -1.65. The second kappa shape index (κ2) is 13.0. The molecule has 1 aliphatic rings. The summed E-state index contributed by atoms with van der Waals surface area (Å²) in [6.07, 6.45) is 14.3. The molecular formula is C32H58O2Si. The van der Waals surface area contributed by atoms with Crippen molar-refractivity contribution < 1.29 is 9.16 Å². The van der Waals surface area contributed by atoms with Gasteiger partial charge in [0.05, 0.1) is 0 Å². The molecule has 1 heterocycles. The first-order valence-electron chi connectivity index (χ1n) is 14.7. The molecule has 0 saturated heterocycles. The second-order valence-electron chi connectivity index (χ2n) is 13.6. The van der Waals surface area contributed by atoms with E-state index >= 15 is 0 Å². The van der Waals surface area contributed by atoms with E-state index in [-0.39, 0.29) is 5.60 Å². The standard InChI is InChI=1S/C32H58O2Si/c1-23(2)15-12-16-24(3)17-13-18-25(4)19-14-21-32(8)22-20-29-28(7)30(34-35(9,10)11)26(5)27(6)31(29)33-32/h23-25H,12-22H2,1-11H3/t24-,25-,32-/m1/s1. The summed E-state index contributed by atoms with van der Waals surface area (Å²) in [5, 5.41) is 0. The Labute approximate surface area is 220 Å². The first-order valence-corrected chi connectivity index (χ1v) is 18.1. The van der Waals surface area contributed by atoms with Crippen LogP contribution in [-0.4, -0.2) is 13.9 Å². The molecule has 202 valence electrons. The summed E-state index contributed by atoms with van der Waals surface area (Å²) in [5.74, 6) is 4.84. The second-order valence-corrected chi connectivity index (χ2v) is 18.1. The molecule has 35 heavy (non-hydrogen) atoms. The SMILES string of the molecule is Cc1c(C)c2c(c(C)c1O[Si](C)(C)C)CC[C@@](C)(CCC[C@H](C)CCC[C@H](C)CCCC(C)C)O2. The van der Waals surface area contributed by atoms with Crippen LogP contribution in [0.1, 0.15) is 121 Å². The number of benzene rings is 1. The van der Waals surface area contributed by atoms with Crippen molar-refractivity contribution in [2.75, 3.05) is 0 Å². The lowest BCUT2D eigenvalue weighted by Gasteiger charge is -2.39.